The van der Waals surface area contributed by atoms with E-state index in [9.17, 15) is 4.79 Å². The molecule has 0 N–H and O–H groups in total. The van der Waals surface area contributed by atoms with Gasteiger partial charge in [0.1, 0.15) is 12.4 Å². The first kappa shape index (κ1) is 18.1. The Labute approximate surface area is 167 Å². The molecule has 1 aromatic heterocycles. The van der Waals surface area contributed by atoms with Gasteiger partial charge in [-0.1, -0.05) is 18.2 Å². The number of hydrogen-bond donors (Lipinski definition) is 0. The van der Waals surface area contributed by atoms with Crippen molar-refractivity contribution < 1.29 is 14.3 Å². The molecule has 28 heavy (non-hydrogen) atoms. The topological polar surface area (TPSA) is 60.8 Å². The third kappa shape index (κ3) is 4.02. The number of aliphatic imine (C=N–C) groups is 1. The van der Waals surface area contributed by atoms with E-state index in [1.54, 1.807) is 11.6 Å². The van der Waals surface area contributed by atoms with E-state index >= 15 is 0 Å². The summed E-state index contributed by atoms with van der Waals surface area (Å²) in [6.07, 6.45) is 1.71. The molecular formula is C22H18N2O3S. The third-order valence-electron chi connectivity index (χ3n) is 4.43. The molecule has 0 unspecified atom stereocenters. The molecule has 0 atom stereocenters. The number of carbonyl (C=O) groups excluding carboxylic acids is 1. The Balaban J connectivity index is 1.49. The van der Waals surface area contributed by atoms with Gasteiger partial charge in [0.05, 0.1) is 11.2 Å². The van der Waals surface area contributed by atoms with Gasteiger partial charge in [-0.3, -0.25) is 0 Å². The second-order valence-corrected chi connectivity index (χ2v) is 7.19. The Morgan fingerprint density at radius 3 is 2.64 bits per heavy atom. The van der Waals surface area contributed by atoms with Crippen LogP contribution in [0.25, 0.3) is 6.08 Å². The lowest BCUT2D eigenvalue weighted by molar-refractivity contribution is -0.129. The van der Waals surface area contributed by atoms with Gasteiger partial charge >= 0.3 is 5.97 Å². The highest BCUT2D eigenvalue weighted by Crippen LogP contribution is 2.22. The van der Waals surface area contributed by atoms with Crippen molar-refractivity contribution in [1.82, 2.24) is 4.98 Å². The van der Waals surface area contributed by atoms with E-state index in [2.05, 4.69) is 9.98 Å². The van der Waals surface area contributed by atoms with Crippen LogP contribution in [0.1, 0.15) is 27.9 Å². The molecule has 0 fully saturated rings. The van der Waals surface area contributed by atoms with Crippen molar-refractivity contribution >= 4 is 29.3 Å². The minimum atomic E-state index is -0.447. The molecule has 0 saturated carbocycles. The highest BCUT2D eigenvalue weighted by Gasteiger charge is 2.24. The van der Waals surface area contributed by atoms with Gasteiger partial charge in [-0.2, -0.15) is 0 Å². The predicted molar refractivity (Wildman–Crippen MR) is 109 cm³/mol. The molecule has 1 aliphatic heterocycles. The second kappa shape index (κ2) is 7.78. The molecule has 0 radical (unpaired) electrons. The summed E-state index contributed by atoms with van der Waals surface area (Å²) in [5.74, 6) is 0.628. The Bertz CT molecular complexity index is 1070. The molecule has 0 spiro atoms. The van der Waals surface area contributed by atoms with E-state index < -0.39 is 5.97 Å². The van der Waals surface area contributed by atoms with Crippen LogP contribution in [0.2, 0.25) is 0 Å². The molecule has 5 nitrogen and oxygen atoms in total. The molecule has 0 saturated heterocycles. The Morgan fingerprint density at radius 1 is 1.11 bits per heavy atom. The van der Waals surface area contributed by atoms with Crippen LogP contribution in [-0.2, 0) is 16.1 Å². The molecule has 2 heterocycles. The monoisotopic (exact) mass is 390 g/mol. The largest absolute Gasteiger partial charge is 0.487 e. The van der Waals surface area contributed by atoms with E-state index in [0.717, 1.165) is 28.1 Å². The first-order valence-electron chi connectivity index (χ1n) is 8.78. The number of cyclic esters (lactones) is 1. The summed E-state index contributed by atoms with van der Waals surface area (Å²) in [4.78, 5) is 20.7. The number of hydrogen-bond acceptors (Lipinski definition) is 6. The molecule has 0 bridgehead atoms. The summed E-state index contributed by atoms with van der Waals surface area (Å²) in [5, 5.41) is 1.95. The predicted octanol–water partition coefficient (Wildman–Crippen LogP) is 4.68. The van der Waals surface area contributed by atoms with Crippen molar-refractivity contribution in [3.05, 3.63) is 87.0 Å². The van der Waals surface area contributed by atoms with Gasteiger partial charge in [0.15, 0.2) is 5.70 Å². The summed E-state index contributed by atoms with van der Waals surface area (Å²) in [6, 6.07) is 13.3. The maximum atomic E-state index is 12.2. The zero-order chi connectivity index (χ0) is 19.5. The molecule has 0 amide bonds. The fraction of sp³-hybridized carbons (Fsp3) is 0.136. The SMILES string of the molecule is Cc1ccc(C2=N/C(=C\c3ccc(OCc4cscn4)cc3)C(=O)O2)cc1C. The van der Waals surface area contributed by atoms with Crippen LogP contribution in [0.3, 0.4) is 0 Å². The number of nitrogens with zero attached hydrogens (tertiary/aromatic N) is 2. The molecule has 6 heteroatoms. The van der Waals surface area contributed by atoms with Crippen LogP contribution in [-0.4, -0.2) is 16.9 Å². The molecule has 0 aliphatic carbocycles. The Hall–Kier alpha value is -3.25. The zero-order valence-electron chi connectivity index (χ0n) is 15.5. The maximum Gasteiger partial charge on any atom is 0.363 e. The minimum absolute atomic E-state index is 0.282. The summed E-state index contributed by atoms with van der Waals surface area (Å²) < 4.78 is 11.0. The van der Waals surface area contributed by atoms with Crippen molar-refractivity contribution in [2.75, 3.05) is 0 Å². The van der Waals surface area contributed by atoms with Crippen LogP contribution < -0.4 is 4.74 Å². The molecule has 4 rings (SSSR count). The summed E-state index contributed by atoms with van der Waals surface area (Å²) in [6.45, 7) is 4.49. The number of carbonyl (C=O) groups is 1. The van der Waals surface area contributed by atoms with Gasteiger partial charge in [-0.15, -0.1) is 11.3 Å². The van der Waals surface area contributed by atoms with Gasteiger partial charge in [-0.25, -0.2) is 14.8 Å². The molecular weight excluding hydrogens is 372 g/mol. The Morgan fingerprint density at radius 2 is 1.93 bits per heavy atom. The maximum absolute atomic E-state index is 12.2. The number of aryl methyl sites for hydroxylation is 2. The van der Waals surface area contributed by atoms with Crippen molar-refractivity contribution in [2.45, 2.75) is 20.5 Å². The number of esters is 1. The fourth-order valence-corrected chi connectivity index (χ4v) is 3.23. The number of aromatic nitrogens is 1. The number of benzene rings is 2. The lowest BCUT2D eigenvalue weighted by Crippen LogP contribution is -2.05. The van der Waals surface area contributed by atoms with Crippen molar-refractivity contribution in [2.24, 2.45) is 4.99 Å². The van der Waals surface area contributed by atoms with E-state index in [4.69, 9.17) is 9.47 Å². The average Bonchev–Trinajstić information content (AvgIpc) is 3.34. The van der Waals surface area contributed by atoms with E-state index in [1.165, 1.54) is 16.9 Å². The second-order valence-electron chi connectivity index (χ2n) is 6.47. The van der Waals surface area contributed by atoms with Crippen LogP contribution in [0.5, 0.6) is 5.75 Å². The highest BCUT2D eigenvalue weighted by molar-refractivity contribution is 7.07. The van der Waals surface area contributed by atoms with Crippen LogP contribution in [0.4, 0.5) is 0 Å². The molecule has 140 valence electrons. The van der Waals surface area contributed by atoms with Gasteiger partial charge in [-0.05, 0) is 60.9 Å². The highest BCUT2D eigenvalue weighted by atomic mass is 32.1. The van der Waals surface area contributed by atoms with Crippen LogP contribution >= 0.6 is 11.3 Å². The quantitative estimate of drug-likeness (QED) is 0.469. The third-order valence-corrected chi connectivity index (χ3v) is 5.06. The van der Waals surface area contributed by atoms with Crippen molar-refractivity contribution in [3.8, 4) is 5.75 Å². The van der Waals surface area contributed by atoms with Crippen molar-refractivity contribution in [1.29, 1.82) is 0 Å². The number of rotatable bonds is 5. The number of ether oxygens (including phenoxy) is 2. The van der Waals surface area contributed by atoms with Gasteiger partial charge in [0.2, 0.25) is 5.90 Å². The lowest BCUT2D eigenvalue weighted by atomic mass is 10.1. The number of thiazole rings is 1. The van der Waals surface area contributed by atoms with Crippen LogP contribution in [0, 0.1) is 13.8 Å². The van der Waals surface area contributed by atoms with Crippen LogP contribution in [0.15, 0.2) is 64.0 Å². The molecule has 3 aromatic rings. The van der Waals surface area contributed by atoms with E-state index in [1.807, 2.05) is 61.7 Å². The van der Waals surface area contributed by atoms with Gasteiger partial charge in [0.25, 0.3) is 0 Å². The normalized spacial score (nSPS) is 14.9. The van der Waals surface area contributed by atoms with Gasteiger partial charge in [0, 0.05) is 10.9 Å². The van der Waals surface area contributed by atoms with E-state index in [0.29, 0.717) is 12.5 Å². The zero-order valence-corrected chi connectivity index (χ0v) is 16.3. The van der Waals surface area contributed by atoms with Gasteiger partial charge < -0.3 is 9.47 Å². The minimum Gasteiger partial charge on any atom is -0.487 e. The summed E-state index contributed by atoms with van der Waals surface area (Å²) >= 11 is 1.54. The van der Waals surface area contributed by atoms with E-state index in [-0.39, 0.29) is 5.70 Å². The standard InChI is InChI=1S/C22H18N2O3S/c1-14-3-6-17(9-15(14)2)21-24-20(22(25)27-21)10-16-4-7-19(8-5-16)26-11-18-12-28-13-23-18/h3-10,12-13H,11H2,1-2H3/b20-10-. The first-order chi connectivity index (χ1) is 13.6. The first-order valence-corrected chi connectivity index (χ1v) is 9.73. The van der Waals surface area contributed by atoms with Crippen molar-refractivity contribution in [3.63, 3.8) is 0 Å². The lowest BCUT2D eigenvalue weighted by Gasteiger charge is -2.04. The smallest absolute Gasteiger partial charge is 0.363 e. The fourth-order valence-electron chi connectivity index (χ4n) is 2.69. The molecule has 1 aliphatic rings. The summed E-state index contributed by atoms with van der Waals surface area (Å²) in [7, 11) is 0. The summed E-state index contributed by atoms with van der Waals surface area (Å²) in [5.41, 5.74) is 6.91. The molecule has 2 aromatic carbocycles. The Kier molecular flexibility index (Phi) is 5.04. The average molecular weight is 390 g/mol.